The van der Waals surface area contributed by atoms with Gasteiger partial charge in [0, 0.05) is 10.9 Å². The van der Waals surface area contributed by atoms with Crippen molar-refractivity contribution in [1.29, 1.82) is 0 Å². The van der Waals surface area contributed by atoms with Crippen LogP contribution in [0.5, 0.6) is 5.75 Å². The van der Waals surface area contributed by atoms with E-state index in [4.69, 9.17) is 9.15 Å². The van der Waals surface area contributed by atoms with Crippen LogP contribution in [0.25, 0.3) is 11.0 Å². The second kappa shape index (κ2) is 4.65. The zero-order valence-electron chi connectivity index (χ0n) is 10.9. The van der Waals surface area contributed by atoms with Gasteiger partial charge in [-0.2, -0.15) is 0 Å². The summed E-state index contributed by atoms with van der Waals surface area (Å²) in [5, 5.41) is 4.58. The lowest BCUT2D eigenvalue weighted by atomic mass is 9.81. The first kappa shape index (κ1) is 11.6. The second-order valence-electron chi connectivity index (χ2n) is 5.13. The van der Waals surface area contributed by atoms with Crippen molar-refractivity contribution < 1.29 is 9.15 Å². The van der Waals surface area contributed by atoms with Crippen LogP contribution in [0.15, 0.2) is 28.9 Å². The fraction of sp³-hybridized carbons (Fsp3) is 0.467. The molecule has 0 amide bonds. The third-order valence-electron chi connectivity index (χ3n) is 3.97. The maximum atomic E-state index is 5.67. The molecule has 0 aliphatic carbocycles. The third-order valence-corrected chi connectivity index (χ3v) is 3.97. The first-order valence-corrected chi connectivity index (χ1v) is 6.55. The molecule has 0 spiro atoms. The highest BCUT2D eigenvalue weighted by atomic mass is 16.5. The number of fused-ring (bicyclic) bond motifs is 1. The standard InChI is InChI=1S/C15H19NO2/c1-10-9-16-5-3-13(10)14-8-12(17-2)7-11-4-6-18-15(11)14/h4,6-8,10,13,16H,3,5,9H2,1-2H3. The lowest BCUT2D eigenvalue weighted by molar-refractivity contribution is 0.347. The van der Waals surface area contributed by atoms with Crippen molar-refractivity contribution in [2.75, 3.05) is 20.2 Å². The number of hydrogen-bond acceptors (Lipinski definition) is 3. The van der Waals surface area contributed by atoms with Gasteiger partial charge in [-0.3, -0.25) is 0 Å². The van der Waals surface area contributed by atoms with Gasteiger partial charge in [-0.25, -0.2) is 0 Å². The van der Waals surface area contributed by atoms with E-state index in [1.54, 1.807) is 13.4 Å². The van der Waals surface area contributed by atoms with Crippen LogP contribution in [0.3, 0.4) is 0 Å². The van der Waals surface area contributed by atoms with Crippen LogP contribution in [-0.2, 0) is 0 Å². The Kier molecular flexibility index (Phi) is 3.00. The number of ether oxygens (including phenoxy) is 1. The quantitative estimate of drug-likeness (QED) is 0.882. The molecule has 1 N–H and O–H groups in total. The number of rotatable bonds is 2. The molecule has 18 heavy (non-hydrogen) atoms. The average Bonchev–Trinajstić information content (AvgIpc) is 2.86. The maximum Gasteiger partial charge on any atom is 0.137 e. The predicted octanol–water partition coefficient (Wildman–Crippen LogP) is 3.15. The topological polar surface area (TPSA) is 34.4 Å². The highest BCUT2D eigenvalue weighted by Crippen LogP contribution is 2.37. The molecule has 3 nitrogen and oxygen atoms in total. The van der Waals surface area contributed by atoms with Crippen molar-refractivity contribution in [3.8, 4) is 5.75 Å². The van der Waals surface area contributed by atoms with Gasteiger partial charge >= 0.3 is 0 Å². The molecule has 1 aliphatic rings. The summed E-state index contributed by atoms with van der Waals surface area (Å²) < 4.78 is 11.1. The molecule has 3 heteroatoms. The van der Waals surface area contributed by atoms with E-state index in [-0.39, 0.29) is 0 Å². The molecule has 3 rings (SSSR count). The van der Waals surface area contributed by atoms with E-state index in [0.29, 0.717) is 11.8 Å². The van der Waals surface area contributed by atoms with Gasteiger partial charge in [-0.05, 0) is 49.5 Å². The lowest BCUT2D eigenvalue weighted by Gasteiger charge is -2.30. The normalized spacial score (nSPS) is 24.3. The van der Waals surface area contributed by atoms with Gasteiger partial charge in [-0.1, -0.05) is 6.92 Å². The highest BCUT2D eigenvalue weighted by molar-refractivity contribution is 5.82. The second-order valence-corrected chi connectivity index (χ2v) is 5.13. The molecular weight excluding hydrogens is 226 g/mol. The fourth-order valence-electron chi connectivity index (χ4n) is 2.95. The van der Waals surface area contributed by atoms with Crippen LogP contribution in [-0.4, -0.2) is 20.2 Å². The number of nitrogens with one attached hydrogen (secondary N) is 1. The first-order valence-electron chi connectivity index (χ1n) is 6.55. The molecule has 1 aromatic carbocycles. The molecule has 0 saturated carbocycles. The molecule has 2 heterocycles. The van der Waals surface area contributed by atoms with E-state index in [9.17, 15) is 0 Å². The van der Waals surface area contributed by atoms with E-state index in [0.717, 1.165) is 36.2 Å². The van der Waals surface area contributed by atoms with Crippen molar-refractivity contribution in [3.05, 3.63) is 30.0 Å². The molecular formula is C15H19NO2. The molecule has 1 aromatic heterocycles. The molecule has 2 unspecified atom stereocenters. The van der Waals surface area contributed by atoms with Gasteiger partial charge in [0.25, 0.3) is 0 Å². The van der Waals surface area contributed by atoms with Crippen LogP contribution in [0, 0.1) is 5.92 Å². The van der Waals surface area contributed by atoms with Crippen molar-refractivity contribution in [1.82, 2.24) is 5.32 Å². The Bertz CT molecular complexity index is 546. The molecule has 1 fully saturated rings. The van der Waals surface area contributed by atoms with Gasteiger partial charge in [0.15, 0.2) is 0 Å². The van der Waals surface area contributed by atoms with Crippen molar-refractivity contribution >= 4 is 11.0 Å². The van der Waals surface area contributed by atoms with E-state index in [1.807, 2.05) is 12.1 Å². The number of benzene rings is 1. The number of methoxy groups -OCH3 is 1. The Morgan fingerprint density at radius 3 is 3.06 bits per heavy atom. The van der Waals surface area contributed by atoms with Crippen LogP contribution in [0.1, 0.15) is 24.8 Å². The number of hydrogen-bond donors (Lipinski definition) is 1. The Morgan fingerprint density at radius 2 is 2.28 bits per heavy atom. The average molecular weight is 245 g/mol. The fourth-order valence-corrected chi connectivity index (χ4v) is 2.95. The van der Waals surface area contributed by atoms with E-state index >= 15 is 0 Å². The Hall–Kier alpha value is -1.48. The van der Waals surface area contributed by atoms with E-state index < -0.39 is 0 Å². The molecule has 1 aliphatic heterocycles. The summed E-state index contributed by atoms with van der Waals surface area (Å²) in [6.45, 7) is 4.45. The lowest BCUT2D eigenvalue weighted by Crippen LogP contribution is -2.33. The minimum Gasteiger partial charge on any atom is -0.497 e. The molecule has 0 bridgehead atoms. The van der Waals surface area contributed by atoms with E-state index in [1.165, 1.54) is 5.56 Å². The molecule has 2 aromatic rings. The Morgan fingerprint density at radius 1 is 1.39 bits per heavy atom. The Labute approximate surface area is 107 Å². The van der Waals surface area contributed by atoms with Crippen LogP contribution < -0.4 is 10.1 Å². The smallest absolute Gasteiger partial charge is 0.137 e. The largest absolute Gasteiger partial charge is 0.497 e. The number of furan rings is 1. The summed E-state index contributed by atoms with van der Waals surface area (Å²) in [6.07, 6.45) is 2.92. The highest BCUT2D eigenvalue weighted by Gasteiger charge is 2.26. The summed E-state index contributed by atoms with van der Waals surface area (Å²) >= 11 is 0. The van der Waals surface area contributed by atoms with Gasteiger partial charge in [0.1, 0.15) is 11.3 Å². The summed E-state index contributed by atoms with van der Waals surface area (Å²) in [5.74, 6) is 2.10. The third kappa shape index (κ3) is 1.89. The first-order chi connectivity index (χ1) is 8.79. The minimum atomic E-state index is 0.551. The summed E-state index contributed by atoms with van der Waals surface area (Å²) in [5.41, 5.74) is 2.32. The summed E-state index contributed by atoms with van der Waals surface area (Å²) in [4.78, 5) is 0. The van der Waals surface area contributed by atoms with Crippen molar-refractivity contribution in [2.24, 2.45) is 5.92 Å². The van der Waals surface area contributed by atoms with Gasteiger partial charge < -0.3 is 14.5 Å². The van der Waals surface area contributed by atoms with Gasteiger partial charge in [-0.15, -0.1) is 0 Å². The summed E-state index contributed by atoms with van der Waals surface area (Å²) in [7, 11) is 1.72. The number of piperidine rings is 1. The Balaban J connectivity index is 2.10. The molecule has 0 radical (unpaired) electrons. The molecule has 2 atom stereocenters. The molecule has 1 saturated heterocycles. The van der Waals surface area contributed by atoms with Crippen LogP contribution in [0.2, 0.25) is 0 Å². The predicted molar refractivity (Wildman–Crippen MR) is 72.2 cm³/mol. The maximum absolute atomic E-state index is 5.67. The van der Waals surface area contributed by atoms with E-state index in [2.05, 4.69) is 18.3 Å². The van der Waals surface area contributed by atoms with Crippen molar-refractivity contribution in [3.63, 3.8) is 0 Å². The van der Waals surface area contributed by atoms with Crippen molar-refractivity contribution in [2.45, 2.75) is 19.3 Å². The van der Waals surface area contributed by atoms with Gasteiger partial charge in [0.2, 0.25) is 0 Å². The molecule has 96 valence electrons. The monoisotopic (exact) mass is 245 g/mol. The summed E-state index contributed by atoms with van der Waals surface area (Å²) in [6, 6.07) is 6.18. The van der Waals surface area contributed by atoms with Crippen LogP contribution >= 0.6 is 0 Å². The SMILES string of the molecule is COc1cc(C2CCNCC2C)c2occc2c1. The van der Waals surface area contributed by atoms with Gasteiger partial charge in [0.05, 0.1) is 13.4 Å². The zero-order valence-corrected chi connectivity index (χ0v) is 10.9. The minimum absolute atomic E-state index is 0.551. The zero-order chi connectivity index (χ0) is 12.5. The van der Waals surface area contributed by atoms with Crippen LogP contribution in [0.4, 0.5) is 0 Å².